The number of hydrogen-bond donors (Lipinski definition) is 1. The van der Waals surface area contributed by atoms with E-state index < -0.39 is 11.4 Å². The van der Waals surface area contributed by atoms with Gasteiger partial charge in [0.2, 0.25) is 0 Å². The van der Waals surface area contributed by atoms with Crippen molar-refractivity contribution >= 4 is 5.97 Å². The Bertz CT molecular complexity index is 487. The fourth-order valence-electron chi connectivity index (χ4n) is 2.41. The highest BCUT2D eigenvalue weighted by Crippen LogP contribution is 2.31. The molecule has 1 aliphatic carbocycles. The fraction of sp³-hybridized carbons (Fsp3) is 0.588. The lowest BCUT2D eigenvalue weighted by atomic mass is 9.85. The number of carboxylic acids is 1. The van der Waals surface area contributed by atoms with Crippen molar-refractivity contribution in [3.63, 3.8) is 0 Å². The smallest absolute Gasteiger partial charge is 0.309 e. The lowest BCUT2D eigenvalue weighted by Crippen LogP contribution is -2.27. The third-order valence-corrected chi connectivity index (χ3v) is 4.13. The Balaban J connectivity index is 2.12. The first-order chi connectivity index (χ1) is 9.38. The molecule has 0 spiro atoms. The van der Waals surface area contributed by atoms with Gasteiger partial charge >= 0.3 is 5.97 Å². The zero-order valence-electron chi connectivity index (χ0n) is 12.6. The lowest BCUT2D eigenvalue weighted by Gasteiger charge is -2.26. The molecule has 3 heteroatoms. The van der Waals surface area contributed by atoms with Crippen LogP contribution in [0.25, 0.3) is 0 Å². The van der Waals surface area contributed by atoms with Gasteiger partial charge in [0.25, 0.3) is 0 Å². The Hall–Kier alpha value is -1.51. The monoisotopic (exact) mass is 276 g/mol. The maximum atomic E-state index is 11.3. The average Bonchev–Trinajstić information content (AvgIpc) is 2.29. The van der Waals surface area contributed by atoms with E-state index in [4.69, 9.17) is 4.74 Å². The third kappa shape index (κ3) is 3.53. The van der Waals surface area contributed by atoms with Gasteiger partial charge in [-0.1, -0.05) is 24.1 Å². The van der Waals surface area contributed by atoms with Crippen molar-refractivity contribution in [3.8, 4) is 5.75 Å². The van der Waals surface area contributed by atoms with Crippen molar-refractivity contribution in [2.75, 3.05) is 6.61 Å². The van der Waals surface area contributed by atoms with E-state index in [1.807, 2.05) is 25.1 Å². The minimum atomic E-state index is -0.775. The summed E-state index contributed by atoms with van der Waals surface area (Å²) in [5.74, 6) is 0.748. The number of ether oxygens (including phenoxy) is 1. The highest BCUT2D eigenvalue weighted by molar-refractivity contribution is 5.74. The molecule has 110 valence electrons. The van der Waals surface area contributed by atoms with Gasteiger partial charge in [-0.15, -0.1) is 0 Å². The second-order valence-corrected chi connectivity index (χ2v) is 6.58. The molecule has 0 heterocycles. The highest BCUT2D eigenvalue weighted by Gasteiger charge is 2.29. The number of hydrogen-bond acceptors (Lipinski definition) is 2. The van der Waals surface area contributed by atoms with E-state index in [9.17, 15) is 9.90 Å². The SMILES string of the molecule is Cc1ccc(OCC2CCC2)c(CC(C)(C)C(=O)O)c1. The summed E-state index contributed by atoms with van der Waals surface area (Å²) in [6.07, 6.45) is 4.30. The Morgan fingerprint density at radius 2 is 2.10 bits per heavy atom. The molecule has 1 aliphatic rings. The van der Waals surface area contributed by atoms with Crippen molar-refractivity contribution in [3.05, 3.63) is 29.3 Å². The molecule has 0 aromatic heterocycles. The zero-order valence-corrected chi connectivity index (χ0v) is 12.6. The highest BCUT2D eigenvalue weighted by atomic mass is 16.5. The number of rotatable bonds is 6. The van der Waals surface area contributed by atoms with Crippen LogP contribution in [-0.2, 0) is 11.2 Å². The molecule has 1 saturated carbocycles. The fourth-order valence-corrected chi connectivity index (χ4v) is 2.41. The lowest BCUT2D eigenvalue weighted by molar-refractivity contribution is -0.146. The zero-order chi connectivity index (χ0) is 14.8. The molecular formula is C17H24O3. The minimum absolute atomic E-state index is 0.490. The van der Waals surface area contributed by atoms with E-state index in [1.165, 1.54) is 19.3 Å². The summed E-state index contributed by atoms with van der Waals surface area (Å²) in [7, 11) is 0. The molecule has 0 amide bonds. The first kappa shape index (κ1) is 14.9. The Morgan fingerprint density at radius 1 is 1.40 bits per heavy atom. The molecular weight excluding hydrogens is 252 g/mol. The van der Waals surface area contributed by atoms with Crippen molar-refractivity contribution in [1.29, 1.82) is 0 Å². The van der Waals surface area contributed by atoms with Gasteiger partial charge in [-0.05, 0) is 57.6 Å². The minimum Gasteiger partial charge on any atom is -0.493 e. The van der Waals surface area contributed by atoms with E-state index >= 15 is 0 Å². The number of benzene rings is 1. The van der Waals surface area contributed by atoms with Crippen LogP contribution >= 0.6 is 0 Å². The molecule has 0 aliphatic heterocycles. The normalized spacial score (nSPS) is 15.8. The van der Waals surface area contributed by atoms with Gasteiger partial charge in [-0.25, -0.2) is 0 Å². The van der Waals surface area contributed by atoms with Crippen LogP contribution < -0.4 is 4.74 Å². The van der Waals surface area contributed by atoms with Crippen molar-refractivity contribution in [2.24, 2.45) is 11.3 Å². The maximum Gasteiger partial charge on any atom is 0.309 e. The van der Waals surface area contributed by atoms with Gasteiger partial charge in [-0.3, -0.25) is 4.79 Å². The van der Waals surface area contributed by atoms with E-state index in [0.29, 0.717) is 12.3 Å². The van der Waals surface area contributed by atoms with Crippen LogP contribution in [0.1, 0.15) is 44.2 Å². The van der Waals surface area contributed by atoms with Crippen LogP contribution in [0, 0.1) is 18.3 Å². The predicted octanol–water partition coefficient (Wildman–Crippen LogP) is 3.83. The Labute approximate surface area is 121 Å². The predicted molar refractivity (Wildman–Crippen MR) is 79.1 cm³/mol. The molecule has 1 fully saturated rings. The van der Waals surface area contributed by atoms with E-state index in [-0.39, 0.29) is 0 Å². The molecule has 20 heavy (non-hydrogen) atoms. The van der Waals surface area contributed by atoms with Crippen LogP contribution in [0.5, 0.6) is 5.75 Å². The van der Waals surface area contributed by atoms with Crippen LogP contribution in [0.4, 0.5) is 0 Å². The molecule has 0 unspecified atom stereocenters. The Morgan fingerprint density at radius 3 is 2.65 bits per heavy atom. The van der Waals surface area contributed by atoms with Crippen molar-refractivity contribution in [2.45, 2.75) is 46.5 Å². The van der Waals surface area contributed by atoms with Crippen LogP contribution in [0.3, 0.4) is 0 Å². The largest absolute Gasteiger partial charge is 0.493 e. The van der Waals surface area contributed by atoms with E-state index in [2.05, 4.69) is 0 Å². The molecule has 1 aromatic rings. The summed E-state index contributed by atoms with van der Waals surface area (Å²) >= 11 is 0. The van der Waals surface area contributed by atoms with Crippen molar-refractivity contribution < 1.29 is 14.6 Å². The number of aliphatic carboxylic acids is 1. The second-order valence-electron chi connectivity index (χ2n) is 6.58. The van der Waals surface area contributed by atoms with Gasteiger partial charge in [0.15, 0.2) is 0 Å². The van der Waals surface area contributed by atoms with Gasteiger partial charge in [0.05, 0.1) is 12.0 Å². The van der Waals surface area contributed by atoms with E-state index in [0.717, 1.165) is 23.5 Å². The second kappa shape index (κ2) is 5.86. The molecule has 0 atom stereocenters. The quantitative estimate of drug-likeness (QED) is 0.859. The molecule has 1 aromatic carbocycles. The van der Waals surface area contributed by atoms with Gasteiger partial charge in [0.1, 0.15) is 5.75 Å². The van der Waals surface area contributed by atoms with Crippen LogP contribution in [0.15, 0.2) is 18.2 Å². The maximum absolute atomic E-state index is 11.3. The van der Waals surface area contributed by atoms with Gasteiger partial charge in [-0.2, -0.15) is 0 Å². The van der Waals surface area contributed by atoms with Crippen LogP contribution in [0.2, 0.25) is 0 Å². The average molecular weight is 276 g/mol. The summed E-state index contributed by atoms with van der Waals surface area (Å²) in [5.41, 5.74) is 1.36. The molecule has 0 bridgehead atoms. The summed E-state index contributed by atoms with van der Waals surface area (Å²) < 4.78 is 5.93. The molecule has 0 radical (unpaired) electrons. The van der Waals surface area contributed by atoms with Gasteiger partial charge in [0, 0.05) is 0 Å². The molecule has 2 rings (SSSR count). The first-order valence-electron chi connectivity index (χ1n) is 7.34. The molecule has 1 N–H and O–H groups in total. The third-order valence-electron chi connectivity index (χ3n) is 4.13. The molecule has 0 saturated heterocycles. The first-order valence-corrected chi connectivity index (χ1v) is 7.34. The summed E-state index contributed by atoms with van der Waals surface area (Å²) in [5, 5.41) is 9.29. The van der Waals surface area contributed by atoms with Gasteiger partial charge < -0.3 is 9.84 Å². The Kier molecular flexibility index (Phi) is 4.36. The number of aryl methyl sites for hydroxylation is 1. The molecule has 3 nitrogen and oxygen atoms in total. The van der Waals surface area contributed by atoms with E-state index in [1.54, 1.807) is 13.8 Å². The van der Waals surface area contributed by atoms with Crippen molar-refractivity contribution in [1.82, 2.24) is 0 Å². The number of carbonyl (C=O) groups is 1. The van der Waals surface area contributed by atoms with Crippen LogP contribution in [-0.4, -0.2) is 17.7 Å². The number of carboxylic acid groups (broad SMARTS) is 1. The summed E-state index contributed by atoms with van der Waals surface area (Å²) in [6.45, 7) is 6.29. The summed E-state index contributed by atoms with van der Waals surface area (Å²) in [4.78, 5) is 11.3. The topological polar surface area (TPSA) is 46.5 Å². The summed E-state index contributed by atoms with van der Waals surface area (Å²) in [6, 6.07) is 6.04. The standard InChI is InChI=1S/C17H24O3/c1-12-7-8-15(20-11-13-5-4-6-13)14(9-12)10-17(2,3)16(18)19/h7-9,13H,4-6,10-11H2,1-3H3,(H,18,19).